The molecule has 18 heavy (non-hydrogen) atoms. The van der Waals surface area contributed by atoms with Gasteiger partial charge in [-0.05, 0) is 24.3 Å². The van der Waals surface area contributed by atoms with Gasteiger partial charge in [0.1, 0.15) is 10.6 Å². The predicted molar refractivity (Wildman–Crippen MR) is 67.2 cm³/mol. The van der Waals surface area contributed by atoms with Crippen molar-refractivity contribution < 1.29 is 17.7 Å². The van der Waals surface area contributed by atoms with Crippen LogP contribution in [0.2, 0.25) is 0 Å². The summed E-state index contributed by atoms with van der Waals surface area (Å²) in [6.07, 6.45) is 0. The molecule has 6 heteroatoms. The molecule has 0 saturated carbocycles. The third-order valence-electron chi connectivity index (χ3n) is 2.28. The van der Waals surface area contributed by atoms with E-state index in [9.17, 15) is 8.42 Å². The Balaban J connectivity index is 2.42. The fourth-order valence-electron chi connectivity index (χ4n) is 1.45. The van der Waals surface area contributed by atoms with Gasteiger partial charge in [-0.3, -0.25) is 4.55 Å². The molecule has 0 aliphatic rings. The van der Waals surface area contributed by atoms with Crippen molar-refractivity contribution in [1.29, 1.82) is 0 Å². The highest BCUT2D eigenvalue weighted by Crippen LogP contribution is 2.31. The summed E-state index contributed by atoms with van der Waals surface area (Å²) in [6, 6.07) is 13.0. The molecule has 0 unspecified atom stereocenters. The van der Waals surface area contributed by atoms with Gasteiger partial charge in [0, 0.05) is 0 Å². The molecule has 0 aromatic heterocycles. The highest BCUT2D eigenvalue weighted by Gasteiger charge is 2.17. The van der Waals surface area contributed by atoms with Gasteiger partial charge in [-0.25, -0.2) is 0 Å². The highest BCUT2D eigenvalue weighted by molar-refractivity contribution is 7.86. The number of anilines is 1. The zero-order chi connectivity index (χ0) is 13.2. The maximum absolute atomic E-state index is 11.1. The van der Waals surface area contributed by atoms with Crippen molar-refractivity contribution in [1.82, 2.24) is 0 Å². The fourth-order valence-corrected chi connectivity index (χ4v) is 2.08. The van der Waals surface area contributed by atoms with Crippen LogP contribution < -0.4 is 10.5 Å². The zero-order valence-corrected chi connectivity index (χ0v) is 10.1. The number of hydrogen-bond acceptors (Lipinski definition) is 4. The monoisotopic (exact) mass is 265 g/mol. The van der Waals surface area contributed by atoms with E-state index in [1.54, 1.807) is 24.3 Å². The molecular weight excluding hydrogens is 254 g/mol. The second-order valence-corrected chi connectivity index (χ2v) is 4.95. The van der Waals surface area contributed by atoms with Crippen molar-refractivity contribution in [3.8, 4) is 11.5 Å². The van der Waals surface area contributed by atoms with E-state index in [-0.39, 0.29) is 16.3 Å². The lowest BCUT2D eigenvalue weighted by atomic mass is 10.3. The van der Waals surface area contributed by atoms with Gasteiger partial charge < -0.3 is 10.5 Å². The summed E-state index contributed by atoms with van der Waals surface area (Å²) in [5.41, 5.74) is 5.53. The summed E-state index contributed by atoms with van der Waals surface area (Å²) in [7, 11) is -4.35. The first-order valence-electron chi connectivity index (χ1n) is 5.07. The topological polar surface area (TPSA) is 89.6 Å². The number of hydrogen-bond donors (Lipinski definition) is 2. The zero-order valence-electron chi connectivity index (χ0n) is 9.28. The van der Waals surface area contributed by atoms with Gasteiger partial charge in [0.15, 0.2) is 5.75 Å². The van der Waals surface area contributed by atoms with E-state index in [1.807, 2.05) is 6.07 Å². The number of para-hydroxylation sites is 2. The van der Waals surface area contributed by atoms with E-state index in [2.05, 4.69) is 0 Å². The van der Waals surface area contributed by atoms with Crippen LogP contribution in [0.25, 0.3) is 0 Å². The molecule has 3 N–H and O–H groups in total. The minimum absolute atomic E-state index is 0.121. The molecule has 0 saturated heterocycles. The first-order valence-corrected chi connectivity index (χ1v) is 6.51. The van der Waals surface area contributed by atoms with E-state index in [0.717, 1.165) is 0 Å². The number of nitrogen functional groups attached to an aromatic ring is 1. The van der Waals surface area contributed by atoms with Crippen LogP contribution in [0.15, 0.2) is 53.4 Å². The summed E-state index contributed by atoms with van der Waals surface area (Å²) < 4.78 is 36.6. The molecule has 0 bridgehead atoms. The third-order valence-corrected chi connectivity index (χ3v) is 3.19. The smallest absolute Gasteiger partial charge is 0.296 e. The maximum atomic E-state index is 11.1. The van der Waals surface area contributed by atoms with E-state index < -0.39 is 10.1 Å². The molecule has 0 fully saturated rings. The van der Waals surface area contributed by atoms with Gasteiger partial charge in [-0.2, -0.15) is 8.42 Å². The van der Waals surface area contributed by atoms with Crippen LogP contribution >= 0.6 is 0 Å². The highest BCUT2D eigenvalue weighted by atomic mass is 32.2. The van der Waals surface area contributed by atoms with Crippen molar-refractivity contribution in [2.75, 3.05) is 5.73 Å². The van der Waals surface area contributed by atoms with E-state index in [0.29, 0.717) is 5.75 Å². The van der Waals surface area contributed by atoms with Gasteiger partial charge in [0.25, 0.3) is 10.1 Å². The predicted octanol–water partition coefficient (Wildman–Crippen LogP) is 2.31. The third kappa shape index (κ3) is 2.61. The molecule has 0 heterocycles. The minimum Gasteiger partial charge on any atom is -0.455 e. The number of benzene rings is 2. The standard InChI is InChI=1S/C12H11NO4S/c13-12-10(17-9-5-2-1-3-6-9)7-4-8-11(12)18(14,15)16/h1-8H,13H2,(H,14,15,16). The number of rotatable bonds is 3. The van der Waals surface area contributed by atoms with Crippen LogP contribution in [-0.4, -0.2) is 13.0 Å². The molecule has 94 valence electrons. The van der Waals surface area contributed by atoms with E-state index >= 15 is 0 Å². The van der Waals surface area contributed by atoms with Crippen molar-refractivity contribution in [3.05, 3.63) is 48.5 Å². The fraction of sp³-hybridized carbons (Fsp3) is 0. The van der Waals surface area contributed by atoms with E-state index in [1.165, 1.54) is 18.2 Å². The Hall–Kier alpha value is -2.05. The molecule has 2 rings (SSSR count). The minimum atomic E-state index is -4.35. The molecule has 0 radical (unpaired) electrons. The molecule has 2 aromatic rings. The van der Waals surface area contributed by atoms with Crippen molar-refractivity contribution in [3.63, 3.8) is 0 Å². The van der Waals surface area contributed by atoms with E-state index in [4.69, 9.17) is 15.0 Å². The quantitative estimate of drug-likeness (QED) is 0.656. The van der Waals surface area contributed by atoms with Crippen LogP contribution in [0.3, 0.4) is 0 Å². The van der Waals surface area contributed by atoms with Crippen LogP contribution in [-0.2, 0) is 10.1 Å². The summed E-state index contributed by atoms with van der Waals surface area (Å²) in [6.45, 7) is 0. The Labute approximate surface area is 105 Å². The molecule has 5 nitrogen and oxygen atoms in total. The van der Waals surface area contributed by atoms with Gasteiger partial charge in [0.05, 0.1) is 5.69 Å². The average Bonchev–Trinajstić information content (AvgIpc) is 2.32. The van der Waals surface area contributed by atoms with Crippen LogP contribution in [0, 0.1) is 0 Å². The van der Waals surface area contributed by atoms with Crippen LogP contribution in [0.1, 0.15) is 0 Å². The Morgan fingerprint density at radius 3 is 2.28 bits per heavy atom. The summed E-state index contributed by atoms with van der Waals surface area (Å²) >= 11 is 0. The lowest BCUT2D eigenvalue weighted by Crippen LogP contribution is -2.04. The summed E-state index contributed by atoms with van der Waals surface area (Å²) in [4.78, 5) is -0.365. The Morgan fingerprint density at radius 2 is 1.67 bits per heavy atom. The number of nitrogens with two attached hydrogens (primary N) is 1. The van der Waals surface area contributed by atoms with Gasteiger partial charge in [0.2, 0.25) is 0 Å². The molecule has 0 amide bonds. The Bertz CT molecular complexity index is 653. The lowest BCUT2D eigenvalue weighted by Gasteiger charge is -2.10. The van der Waals surface area contributed by atoms with Gasteiger partial charge in [-0.15, -0.1) is 0 Å². The lowest BCUT2D eigenvalue weighted by molar-refractivity contribution is 0.474. The SMILES string of the molecule is Nc1c(Oc2ccccc2)cccc1S(=O)(=O)O. The first kappa shape index (κ1) is 12.4. The van der Waals surface area contributed by atoms with Gasteiger partial charge >= 0.3 is 0 Å². The number of ether oxygens (including phenoxy) is 1. The second kappa shape index (κ2) is 4.67. The Morgan fingerprint density at radius 1 is 1.00 bits per heavy atom. The molecule has 0 aliphatic heterocycles. The Kier molecular flexibility index (Phi) is 3.22. The molecule has 0 aliphatic carbocycles. The van der Waals surface area contributed by atoms with Crippen LogP contribution in [0.4, 0.5) is 5.69 Å². The van der Waals surface area contributed by atoms with Crippen molar-refractivity contribution >= 4 is 15.8 Å². The maximum Gasteiger partial charge on any atom is 0.296 e. The normalized spacial score (nSPS) is 11.2. The molecule has 2 aromatic carbocycles. The van der Waals surface area contributed by atoms with Gasteiger partial charge in [-0.1, -0.05) is 24.3 Å². The second-order valence-electron chi connectivity index (χ2n) is 3.56. The molecule has 0 spiro atoms. The summed E-state index contributed by atoms with van der Waals surface area (Å²) in [5, 5.41) is 0. The molecule has 0 atom stereocenters. The van der Waals surface area contributed by atoms with Crippen molar-refractivity contribution in [2.24, 2.45) is 0 Å². The van der Waals surface area contributed by atoms with Crippen molar-refractivity contribution in [2.45, 2.75) is 4.90 Å². The average molecular weight is 265 g/mol. The molecular formula is C12H11NO4S. The summed E-state index contributed by atoms with van der Waals surface area (Å²) in [5.74, 6) is 0.702. The largest absolute Gasteiger partial charge is 0.455 e. The van der Waals surface area contributed by atoms with Crippen LogP contribution in [0.5, 0.6) is 11.5 Å². The first-order chi connectivity index (χ1) is 8.48.